The van der Waals surface area contributed by atoms with E-state index in [0.717, 1.165) is 29.7 Å². The summed E-state index contributed by atoms with van der Waals surface area (Å²) in [5.41, 5.74) is 3.61. The first kappa shape index (κ1) is 20.7. The van der Waals surface area contributed by atoms with Gasteiger partial charge in [0.25, 0.3) is 0 Å². The predicted octanol–water partition coefficient (Wildman–Crippen LogP) is 5.49. The van der Waals surface area contributed by atoms with Crippen LogP contribution in [0.4, 0.5) is 10.5 Å². The second-order valence-corrected chi connectivity index (χ2v) is 7.75. The lowest BCUT2D eigenvalue weighted by Crippen LogP contribution is -2.44. The third kappa shape index (κ3) is 4.94. The number of benzene rings is 3. The number of Topliss-reactive ketones (excluding diaryl/α,β-unsaturated/α-hetero) is 1. The van der Waals surface area contributed by atoms with Crippen molar-refractivity contribution in [1.82, 2.24) is 4.90 Å². The molecule has 0 spiro atoms. The van der Waals surface area contributed by atoms with Gasteiger partial charge in [-0.25, -0.2) is 4.79 Å². The molecule has 2 amide bonds. The molecule has 158 valence electrons. The first-order valence-electron chi connectivity index (χ1n) is 10.5. The van der Waals surface area contributed by atoms with Crippen LogP contribution in [0.2, 0.25) is 0 Å². The van der Waals surface area contributed by atoms with Crippen LogP contribution in [0, 0.1) is 5.92 Å². The molecule has 0 aromatic heterocycles. The monoisotopic (exact) mass is 414 g/mol. The summed E-state index contributed by atoms with van der Waals surface area (Å²) in [5, 5.41) is 2.91. The van der Waals surface area contributed by atoms with Gasteiger partial charge in [0.05, 0.1) is 7.11 Å². The van der Waals surface area contributed by atoms with Crippen molar-refractivity contribution in [2.24, 2.45) is 5.92 Å². The number of hydrogen-bond donors (Lipinski definition) is 1. The highest BCUT2D eigenvalue weighted by atomic mass is 16.5. The van der Waals surface area contributed by atoms with Gasteiger partial charge in [0.15, 0.2) is 5.78 Å². The maximum absolute atomic E-state index is 13.1. The Kier molecular flexibility index (Phi) is 6.32. The standard InChI is InChI=1S/C26H26N2O3/c1-31-24-15-13-23(14-16-24)27-26(30)28-17-5-8-22(18-28)25(29)21-11-9-20(10-12-21)19-6-3-2-4-7-19/h2-4,6-7,9-16,22H,5,8,17-18H2,1H3,(H,27,30)/t22-/m0/s1. The third-order valence-corrected chi connectivity index (χ3v) is 5.70. The van der Waals surface area contributed by atoms with E-state index >= 15 is 0 Å². The molecule has 31 heavy (non-hydrogen) atoms. The minimum Gasteiger partial charge on any atom is -0.497 e. The normalized spacial score (nSPS) is 15.9. The lowest BCUT2D eigenvalue weighted by Gasteiger charge is -2.32. The first-order valence-corrected chi connectivity index (χ1v) is 10.5. The van der Waals surface area contributed by atoms with Gasteiger partial charge < -0.3 is 15.0 Å². The number of ether oxygens (including phenoxy) is 1. The van der Waals surface area contributed by atoms with Crippen molar-refractivity contribution in [2.45, 2.75) is 12.8 Å². The van der Waals surface area contributed by atoms with Gasteiger partial charge in [0.1, 0.15) is 5.75 Å². The Balaban J connectivity index is 1.39. The molecule has 3 aromatic carbocycles. The highest BCUT2D eigenvalue weighted by molar-refractivity contribution is 5.99. The largest absolute Gasteiger partial charge is 0.497 e. The zero-order valence-electron chi connectivity index (χ0n) is 17.6. The molecule has 5 nitrogen and oxygen atoms in total. The second kappa shape index (κ2) is 9.47. The van der Waals surface area contributed by atoms with Crippen LogP contribution in [-0.2, 0) is 0 Å². The van der Waals surface area contributed by atoms with Gasteiger partial charge in [-0.2, -0.15) is 0 Å². The van der Waals surface area contributed by atoms with E-state index in [1.807, 2.05) is 42.5 Å². The molecule has 3 aromatic rings. The van der Waals surface area contributed by atoms with E-state index in [-0.39, 0.29) is 17.7 Å². The molecule has 0 radical (unpaired) electrons. The molecule has 4 rings (SSSR count). The van der Waals surface area contributed by atoms with Crippen molar-refractivity contribution in [2.75, 3.05) is 25.5 Å². The lowest BCUT2D eigenvalue weighted by atomic mass is 9.89. The number of rotatable bonds is 5. The quantitative estimate of drug-likeness (QED) is 0.562. The number of carbonyl (C=O) groups is 2. The van der Waals surface area contributed by atoms with Crippen LogP contribution in [-0.4, -0.2) is 36.9 Å². The van der Waals surface area contributed by atoms with Gasteiger partial charge in [0, 0.05) is 30.3 Å². The third-order valence-electron chi connectivity index (χ3n) is 5.70. The Morgan fingerprint density at radius 2 is 1.58 bits per heavy atom. The fraction of sp³-hybridized carbons (Fsp3) is 0.231. The van der Waals surface area contributed by atoms with E-state index in [2.05, 4.69) is 17.4 Å². The predicted molar refractivity (Wildman–Crippen MR) is 123 cm³/mol. The summed E-state index contributed by atoms with van der Waals surface area (Å²) in [6, 6.07) is 24.9. The summed E-state index contributed by atoms with van der Waals surface area (Å²) in [4.78, 5) is 27.5. The molecule has 1 heterocycles. The van der Waals surface area contributed by atoms with Gasteiger partial charge in [-0.15, -0.1) is 0 Å². The lowest BCUT2D eigenvalue weighted by molar-refractivity contribution is 0.0851. The first-order chi connectivity index (χ1) is 15.1. The number of ketones is 1. The van der Waals surface area contributed by atoms with Gasteiger partial charge in [-0.05, 0) is 48.2 Å². The molecule has 5 heteroatoms. The van der Waals surface area contributed by atoms with Crippen LogP contribution in [0.25, 0.3) is 11.1 Å². The Morgan fingerprint density at radius 1 is 0.903 bits per heavy atom. The van der Waals surface area contributed by atoms with E-state index in [4.69, 9.17) is 4.74 Å². The highest BCUT2D eigenvalue weighted by Crippen LogP contribution is 2.25. The molecule has 0 saturated carbocycles. The molecular weight excluding hydrogens is 388 g/mol. The van der Waals surface area contributed by atoms with Gasteiger partial charge in [-0.3, -0.25) is 4.79 Å². The average molecular weight is 415 g/mol. The smallest absolute Gasteiger partial charge is 0.321 e. The number of anilines is 1. The van der Waals surface area contributed by atoms with E-state index in [1.165, 1.54) is 0 Å². The van der Waals surface area contributed by atoms with E-state index in [1.54, 1.807) is 36.3 Å². The topological polar surface area (TPSA) is 58.6 Å². The van der Waals surface area contributed by atoms with Gasteiger partial charge in [0.2, 0.25) is 0 Å². The van der Waals surface area contributed by atoms with Crippen molar-refractivity contribution >= 4 is 17.5 Å². The highest BCUT2D eigenvalue weighted by Gasteiger charge is 2.29. The number of urea groups is 1. The molecule has 1 saturated heterocycles. The summed E-state index contributed by atoms with van der Waals surface area (Å²) in [7, 11) is 1.60. The number of likely N-dealkylation sites (tertiary alicyclic amines) is 1. The summed E-state index contributed by atoms with van der Waals surface area (Å²) >= 11 is 0. The maximum Gasteiger partial charge on any atom is 0.321 e. The molecule has 1 aliphatic heterocycles. The Bertz CT molecular complexity index is 1030. The van der Waals surface area contributed by atoms with Crippen LogP contribution in [0.15, 0.2) is 78.9 Å². The fourth-order valence-electron chi connectivity index (χ4n) is 3.95. The number of hydrogen-bond acceptors (Lipinski definition) is 3. The zero-order chi connectivity index (χ0) is 21.6. The van der Waals surface area contributed by atoms with Crippen molar-refractivity contribution in [3.63, 3.8) is 0 Å². The molecule has 1 atom stereocenters. The van der Waals surface area contributed by atoms with E-state index in [0.29, 0.717) is 24.3 Å². The summed E-state index contributed by atoms with van der Waals surface area (Å²) in [5.74, 6) is 0.652. The molecule has 0 bridgehead atoms. The Hall–Kier alpha value is -3.60. The van der Waals surface area contributed by atoms with Crippen molar-refractivity contribution in [3.05, 3.63) is 84.4 Å². The minimum absolute atomic E-state index is 0.0987. The number of piperidine rings is 1. The van der Waals surface area contributed by atoms with Gasteiger partial charge in [-0.1, -0.05) is 54.6 Å². The summed E-state index contributed by atoms with van der Waals surface area (Å²) < 4.78 is 5.14. The van der Waals surface area contributed by atoms with E-state index in [9.17, 15) is 9.59 Å². The average Bonchev–Trinajstić information content (AvgIpc) is 2.85. The fourth-order valence-corrected chi connectivity index (χ4v) is 3.95. The van der Waals surface area contributed by atoms with Crippen LogP contribution >= 0.6 is 0 Å². The summed E-state index contributed by atoms with van der Waals surface area (Å²) in [6.45, 7) is 1.08. The van der Waals surface area contributed by atoms with Crippen LogP contribution in [0.1, 0.15) is 23.2 Å². The number of methoxy groups -OCH3 is 1. The SMILES string of the molecule is COc1ccc(NC(=O)N2CCC[C@H](C(=O)c3ccc(-c4ccccc4)cc3)C2)cc1. The van der Waals surface area contributed by atoms with Crippen molar-refractivity contribution in [1.29, 1.82) is 0 Å². The van der Waals surface area contributed by atoms with E-state index < -0.39 is 0 Å². The second-order valence-electron chi connectivity index (χ2n) is 7.75. The Labute approximate surface area is 182 Å². The molecule has 0 aliphatic carbocycles. The molecule has 0 unspecified atom stereocenters. The molecule has 1 aliphatic rings. The number of amides is 2. The van der Waals surface area contributed by atoms with Crippen LogP contribution in [0.3, 0.4) is 0 Å². The minimum atomic E-state index is -0.182. The van der Waals surface area contributed by atoms with Crippen molar-refractivity contribution in [3.8, 4) is 16.9 Å². The van der Waals surface area contributed by atoms with Crippen molar-refractivity contribution < 1.29 is 14.3 Å². The summed E-state index contributed by atoms with van der Waals surface area (Å²) in [6.07, 6.45) is 1.61. The molecule has 1 fully saturated rings. The van der Waals surface area contributed by atoms with Crippen LogP contribution in [0.5, 0.6) is 5.75 Å². The molecule has 1 N–H and O–H groups in total. The Morgan fingerprint density at radius 3 is 2.26 bits per heavy atom. The zero-order valence-corrected chi connectivity index (χ0v) is 17.6. The maximum atomic E-state index is 13.1. The van der Waals surface area contributed by atoms with Gasteiger partial charge >= 0.3 is 6.03 Å². The number of carbonyl (C=O) groups excluding carboxylic acids is 2. The molecular formula is C26H26N2O3. The number of nitrogens with zero attached hydrogens (tertiary/aromatic N) is 1. The number of nitrogens with one attached hydrogen (secondary N) is 1. The van der Waals surface area contributed by atoms with Crippen LogP contribution < -0.4 is 10.1 Å².